The predicted octanol–water partition coefficient (Wildman–Crippen LogP) is 10.3. The lowest BCUT2D eigenvalue weighted by atomic mass is 9.66. The standard InChI is InChI=1S/C57H68N8O6/c1-34(2)49(62-55(68)70-6)53(66)64-28-8-10-47(64)51-58-32-45(60-51)40-20-18-39(19-21-40)44-30-36-12-16-38(44)17-13-37-15-25-42(24-14-36)57(5,31-37)43-26-22-41(23-27-43)46-33-59-52(61-46)48-11-9-29-65(48)54(67)50(35(3)4)63-56(69)71-7/h12,15-16,18-23,25-27,30,32-35,47-50H,8-11,13-14,17,24,28-29,31H2,1-7H3,(H,58,60)(H,59,61)(H,62,68)(H,63,69)/t47-,48-,49-,50-,57+/m0/s1. The molecule has 0 saturated carbocycles. The van der Waals surface area contributed by atoms with Crippen LogP contribution >= 0.6 is 0 Å². The zero-order chi connectivity index (χ0) is 50.0. The lowest BCUT2D eigenvalue weighted by Gasteiger charge is -2.37. The quantitative estimate of drug-likeness (QED) is 0.0956. The molecule has 2 aromatic heterocycles. The van der Waals surface area contributed by atoms with Gasteiger partial charge < -0.3 is 39.9 Å². The number of benzene rings is 3. The number of alkyl carbamates (subject to hydrolysis) is 2. The number of hydrogen-bond donors (Lipinski definition) is 4. The van der Waals surface area contributed by atoms with Gasteiger partial charge in [-0.1, -0.05) is 125 Å². The molecule has 5 aromatic rings. The number of carbonyl (C=O) groups is 4. The Balaban J connectivity index is 0.872. The van der Waals surface area contributed by atoms with E-state index < -0.39 is 24.3 Å². The highest BCUT2D eigenvalue weighted by molar-refractivity contribution is 5.87. The first-order valence-electron chi connectivity index (χ1n) is 25.4. The van der Waals surface area contributed by atoms with Crippen LogP contribution in [0.5, 0.6) is 0 Å². The Kier molecular flexibility index (Phi) is 14.4. The van der Waals surface area contributed by atoms with Gasteiger partial charge in [0.1, 0.15) is 23.7 Å². The lowest BCUT2D eigenvalue weighted by Crippen LogP contribution is -2.51. The van der Waals surface area contributed by atoms with Gasteiger partial charge in [0.05, 0.1) is 37.7 Å². The summed E-state index contributed by atoms with van der Waals surface area (Å²) in [5.74, 6) is 1.05. The van der Waals surface area contributed by atoms with Crippen LogP contribution < -0.4 is 10.6 Å². The molecule has 12 rings (SSSR count). The van der Waals surface area contributed by atoms with Gasteiger partial charge in [-0.25, -0.2) is 19.6 Å². The topological polar surface area (TPSA) is 175 Å². The van der Waals surface area contributed by atoms with E-state index in [0.717, 1.165) is 92.0 Å². The Morgan fingerprint density at radius 2 is 1.18 bits per heavy atom. The van der Waals surface area contributed by atoms with E-state index in [1.807, 2.05) is 49.9 Å². The summed E-state index contributed by atoms with van der Waals surface area (Å²) < 4.78 is 9.62. The van der Waals surface area contributed by atoms with E-state index in [-0.39, 0.29) is 41.1 Å². The van der Waals surface area contributed by atoms with E-state index in [2.05, 4.69) is 106 Å². The molecule has 7 aliphatic rings. The van der Waals surface area contributed by atoms with Gasteiger partial charge in [-0.15, -0.1) is 0 Å². The van der Waals surface area contributed by atoms with Gasteiger partial charge in [-0.3, -0.25) is 9.59 Å². The lowest BCUT2D eigenvalue weighted by molar-refractivity contribution is -0.136. The number of H-pyrrole nitrogens is 2. The van der Waals surface area contributed by atoms with Gasteiger partial charge in [0, 0.05) is 42.0 Å². The normalized spacial score (nSPS) is 20.8. The average molecular weight is 961 g/mol. The minimum Gasteiger partial charge on any atom is -0.453 e. The number of amides is 4. The third-order valence-electron chi connectivity index (χ3n) is 15.4. The summed E-state index contributed by atoms with van der Waals surface area (Å²) in [5.41, 5.74) is 12.8. The molecular formula is C57H68N8O6. The maximum Gasteiger partial charge on any atom is 0.407 e. The maximum atomic E-state index is 13.7. The van der Waals surface area contributed by atoms with E-state index in [1.165, 1.54) is 53.2 Å². The molecule has 5 aliphatic carbocycles. The average Bonchev–Trinajstić information content (AvgIpc) is 4.23. The van der Waals surface area contributed by atoms with Crippen LogP contribution in [0.15, 0.2) is 102 Å². The van der Waals surface area contributed by atoms with Crippen LogP contribution in [0, 0.1) is 11.8 Å². The Morgan fingerprint density at radius 1 is 0.662 bits per heavy atom. The van der Waals surface area contributed by atoms with Crippen molar-refractivity contribution in [1.82, 2.24) is 40.4 Å². The van der Waals surface area contributed by atoms with Gasteiger partial charge >= 0.3 is 12.2 Å². The first-order valence-corrected chi connectivity index (χ1v) is 25.4. The molecule has 4 amide bonds. The molecule has 5 atom stereocenters. The number of aromatic nitrogens is 4. The summed E-state index contributed by atoms with van der Waals surface area (Å²) >= 11 is 0. The second-order valence-electron chi connectivity index (χ2n) is 20.6. The largest absolute Gasteiger partial charge is 0.453 e. The van der Waals surface area contributed by atoms with Crippen molar-refractivity contribution in [3.8, 4) is 33.6 Å². The summed E-state index contributed by atoms with van der Waals surface area (Å²) in [6.07, 6.45) is 15.4. The molecule has 372 valence electrons. The number of hydrogen-bond acceptors (Lipinski definition) is 8. The van der Waals surface area contributed by atoms with Gasteiger partial charge in [0.25, 0.3) is 0 Å². The minimum atomic E-state index is -0.684. The number of ether oxygens (including phenoxy) is 2. The Morgan fingerprint density at radius 3 is 1.70 bits per heavy atom. The number of imidazole rings is 2. The Bertz CT molecular complexity index is 2820. The van der Waals surface area contributed by atoms with Crippen molar-refractivity contribution in [2.75, 3.05) is 27.3 Å². The molecule has 14 nitrogen and oxygen atoms in total. The highest BCUT2D eigenvalue weighted by atomic mass is 16.5. The fourth-order valence-corrected chi connectivity index (χ4v) is 11.2. The molecule has 3 aromatic carbocycles. The second-order valence-corrected chi connectivity index (χ2v) is 20.6. The van der Waals surface area contributed by atoms with Crippen molar-refractivity contribution < 1.29 is 28.7 Å². The van der Waals surface area contributed by atoms with E-state index in [4.69, 9.17) is 19.4 Å². The second kappa shape index (κ2) is 20.8. The summed E-state index contributed by atoms with van der Waals surface area (Å²) in [4.78, 5) is 72.1. The van der Waals surface area contributed by atoms with Gasteiger partial charge in [-0.2, -0.15) is 0 Å². The van der Waals surface area contributed by atoms with Gasteiger partial charge in [0.2, 0.25) is 11.8 Å². The monoisotopic (exact) mass is 961 g/mol. The van der Waals surface area contributed by atoms with Crippen LogP contribution in [-0.2, 0) is 37.3 Å². The number of aryl methyl sites for hydroxylation is 2. The molecule has 4 N–H and O–H groups in total. The fourth-order valence-electron chi connectivity index (χ4n) is 11.2. The SMILES string of the molecule is COC(=O)N[C@H](C(=O)N1CCC[C@H]1c1nc(-c2ccc(-c3cc4ccc3CCC3=CC=C(CC4)[C@](C)(c4ccc(-c5c[nH]c([C@@H]6CCCN6C(=O)[C@@H](NC(=O)OC)C(C)C)n5)cc4)C3)cc2)c[nH]1)C(C)C. The van der Waals surface area contributed by atoms with Crippen molar-refractivity contribution in [2.24, 2.45) is 11.8 Å². The van der Waals surface area contributed by atoms with Crippen LogP contribution in [0.4, 0.5) is 9.59 Å². The van der Waals surface area contributed by atoms with Crippen LogP contribution in [0.1, 0.15) is 120 Å². The molecule has 4 bridgehead atoms. The third kappa shape index (κ3) is 10.2. The first kappa shape index (κ1) is 49.0. The molecule has 4 heterocycles. The van der Waals surface area contributed by atoms with Crippen LogP contribution in [0.3, 0.4) is 0 Å². The number of allylic oxidation sites excluding steroid dienone is 4. The third-order valence-corrected chi connectivity index (χ3v) is 15.4. The maximum absolute atomic E-state index is 13.7. The molecule has 2 saturated heterocycles. The van der Waals surface area contributed by atoms with Crippen LogP contribution in [-0.4, -0.2) is 93.1 Å². The molecular weight excluding hydrogens is 893 g/mol. The molecule has 71 heavy (non-hydrogen) atoms. The molecule has 2 fully saturated rings. The zero-order valence-electron chi connectivity index (χ0n) is 42.1. The molecule has 0 radical (unpaired) electrons. The van der Waals surface area contributed by atoms with Crippen molar-refractivity contribution in [3.05, 3.63) is 131 Å². The van der Waals surface area contributed by atoms with Crippen LogP contribution in [0.2, 0.25) is 0 Å². The Hall–Kier alpha value is -6.96. The number of aromatic amines is 2. The smallest absolute Gasteiger partial charge is 0.407 e. The number of rotatable bonds is 12. The predicted molar refractivity (Wildman–Crippen MR) is 274 cm³/mol. The minimum absolute atomic E-state index is 0.101. The Labute approximate surface area is 417 Å². The molecule has 2 aliphatic heterocycles. The van der Waals surface area contributed by atoms with Gasteiger partial charge in [0.15, 0.2) is 0 Å². The molecule has 0 spiro atoms. The van der Waals surface area contributed by atoms with Crippen molar-refractivity contribution in [1.29, 1.82) is 0 Å². The summed E-state index contributed by atoms with van der Waals surface area (Å²) in [6.45, 7) is 11.3. The molecule has 14 heteroatoms. The number of nitrogens with one attached hydrogen (secondary N) is 4. The van der Waals surface area contributed by atoms with E-state index in [0.29, 0.717) is 13.1 Å². The van der Waals surface area contributed by atoms with E-state index >= 15 is 0 Å². The number of carbonyl (C=O) groups excluding carboxylic acids is 4. The molecule has 0 unspecified atom stereocenters. The number of methoxy groups -OCH3 is 2. The van der Waals surface area contributed by atoms with E-state index in [1.54, 1.807) is 0 Å². The fraction of sp³-hybridized carbons (Fsp3) is 0.439. The van der Waals surface area contributed by atoms with Crippen molar-refractivity contribution >= 4 is 24.0 Å². The van der Waals surface area contributed by atoms with Gasteiger partial charge in [-0.05, 0) is 97.4 Å². The van der Waals surface area contributed by atoms with Crippen LogP contribution in [0.25, 0.3) is 33.6 Å². The highest BCUT2D eigenvalue weighted by Crippen LogP contribution is 2.45. The van der Waals surface area contributed by atoms with Crippen molar-refractivity contribution in [3.63, 3.8) is 0 Å². The first-order chi connectivity index (χ1) is 34.2. The highest BCUT2D eigenvalue weighted by Gasteiger charge is 2.40. The summed E-state index contributed by atoms with van der Waals surface area (Å²) in [6, 6.07) is 22.8. The zero-order valence-corrected chi connectivity index (χ0v) is 42.1. The summed E-state index contributed by atoms with van der Waals surface area (Å²) in [5, 5.41) is 5.46. The number of nitrogens with zero attached hydrogens (tertiary/aromatic N) is 4. The number of likely N-dealkylation sites (tertiary alicyclic amines) is 2. The van der Waals surface area contributed by atoms with Crippen molar-refractivity contribution in [2.45, 2.75) is 122 Å². The summed E-state index contributed by atoms with van der Waals surface area (Å²) in [7, 11) is 2.61. The van der Waals surface area contributed by atoms with E-state index in [9.17, 15) is 19.2 Å².